The van der Waals surface area contributed by atoms with E-state index in [1.54, 1.807) is 21.5 Å². The molecule has 0 aliphatic carbocycles. The Kier molecular flexibility index (Phi) is 6.25. The summed E-state index contributed by atoms with van der Waals surface area (Å²) in [5, 5.41) is 21.5. The summed E-state index contributed by atoms with van der Waals surface area (Å²) >= 11 is 0. The van der Waals surface area contributed by atoms with E-state index < -0.39 is 0 Å². The van der Waals surface area contributed by atoms with Gasteiger partial charge in [0.25, 0.3) is 0 Å². The molecule has 182 valence electrons. The van der Waals surface area contributed by atoms with E-state index in [4.69, 9.17) is 4.98 Å². The number of fused-ring (bicyclic) bond motifs is 1. The number of rotatable bonds is 6. The van der Waals surface area contributed by atoms with Crippen molar-refractivity contribution in [3.8, 4) is 28.3 Å². The number of nitriles is 1. The SMILES string of the molecule is C=CC(C)C(=O)NC1CCN(c2ccc(-c3cc(-c4cnn(C)c4)cn4ncc(C#N)c34)cn2)CC1. The number of hydrogen-bond donors (Lipinski definition) is 1. The molecule has 1 atom stereocenters. The fourth-order valence-corrected chi connectivity index (χ4v) is 4.58. The third-order valence-electron chi connectivity index (χ3n) is 6.76. The van der Waals surface area contributed by atoms with Crippen LogP contribution in [0, 0.1) is 17.2 Å². The molecule has 0 aromatic carbocycles. The molecule has 0 bridgehead atoms. The van der Waals surface area contributed by atoms with Crippen molar-refractivity contribution in [3.63, 3.8) is 0 Å². The zero-order chi connectivity index (χ0) is 25.2. The van der Waals surface area contributed by atoms with E-state index in [9.17, 15) is 10.1 Å². The highest BCUT2D eigenvalue weighted by Crippen LogP contribution is 2.32. The maximum Gasteiger partial charge on any atom is 0.226 e. The third kappa shape index (κ3) is 4.45. The van der Waals surface area contributed by atoms with Crippen LogP contribution < -0.4 is 10.2 Å². The summed E-state index contributed by atoms with van der Waals surface area (Å²) in [6.45, 7) is 7.19. The zero-order valence-corrected chi connectivity index (χ0v) is 20.4. The maximum atomic E-state index is 12.2. The molecule has 1 fully saturated rings. The summed E-state index contributed by atoms with van der Waals surface area (Å²) in [6, 6.07) is 8.54. The average Bonchev–Trinajstić information content (AvgIpc) is 3.54. The van der Waals surface area contributed by atoms with Gasteiger partial charge in [0.1, 0.15) is 11.9 Å². The monoisotopic (exact) mass is 480 g/mol. The number of carbonyl (C=O) groups excluding carboxylic acids is 1. The summed E-state index contributed by atoms with van der Waals surface area (Å²) in [5.74, 6) is 0.747. The Morgan fingerprint density at radius 2 is 1.97 bits per heavy atom. The van der Waals surface area contributed by atoms with Crippen LogP contribution in [0.25, 0.3) is 27.8 Å². The third-order valence-corrected chi connectivity index (χ3v) is 6.76. The van der Waals surface area contributed by atoms with Crippen molar-refractivity contribution in [2.75, 3.05) is 18.0 Å². The predicted molar refractivity (Wildman–Crippen MR) is 138 cm³/mol. The number of nitrogens with one attached hydrogen (secondary N) is 1. The van der Waals surface area contributed by atoms with Crippen LogP contribution in [0.2, 0.25) is 0 Å². The Hall–Kier alpha value is -4.45. The standard InChI is InChI=1S/C27H28N8O/c1-4-18(2)27(36)32-23-7-9-34(10-8-23)25-6-5-19(13-29-25)24-11-20(22-15-30-33(3)16-22)17-35-26(24)21(12-28)14-31-35/h4-6,11,13-18,23H,1,7-10H2,2-3H3,(H,32,36). The lowest BCUT2D eigenvalue weighted by Crippen LogP contribution is -2.46. The highest BCUT2D eigenvalue weighted by molar-refractivity contribution is 5.87. The highest BCUT2D eigenvalue weighted by Gasteiger charge is 2.23. The first-order valence-corrected chi connectivity index (χ1v) is 12.0. The highest BCUT2D eigenvalue weighted by atomic mass is 16.1. The minimum atomic E-state index is -0.183. The van der Waals surface area contributed by atoms with Crippen LogP contribution in [0.4, 0.5) is 5.82 Å². The van der Waals surface area contributed by atoms with Gasteiger partial charge in [-0.15, -0.1) is 6.58 Å². The largest absolute Gasteiger partial charge is 0.356 e. The van der Waals surface area contributed by atoms with Gasteiger partial charge in [0, 0.05) is 67.0 Å². The molecular formula is C27H28N8O. The van der Waals surface area contributed by atoms with Gasteiger partial charge < -0.3 is 10.2 Å². The number of pyridine rings is 2. The van der Waals surface area contributed by atoms with E-state index in [1.165, 1.54) is 0 Å². The van der Waals surface area contributed by atoms with Crippen LogP contribution in [-0.2, 0) is 11.8 Å². The van der Waals surface area contributed by atoms with Gasteiger partial charge >= 0.3 is 0 Å². The molecule has 4 aromatic rings. The van der Waals surface area contributed by atoms with E-state index >= 15 is 0 Å². The number of nitrogens with zero attached hydrogens (tertiary/aromatic N) is 7. The van der Waals surface area contributed by atoms with Crippen molar-refractivity contribution in [2.45, 2.75) is 25.8 Å². The molecule has 1 saturated heterocycles. The lowest BCUT2D eigenvalue weighted by Gasteiger charge is -2.33. The van der Waals surface area contributed by atoms with Crippen LogP contribution in [0.1, 0.15) is 25.3 Å². The number of amides is 1. The summed E-state index contributed by atoms with van der Waals surface area (Å²) in [7, 11) is 1.88. The van der Waals surface area contributed by atoms with Crippen LogP contribution in [-0.4, -0.2) is 49.4 Å². The van der Waals surface area contributed by atoms with Crippen molar-refractivity contribution < 1.29 is 4.79 Å². The van der Waals surface area contributed by atoms with Crippen molar-refractivity contribution in [2.24, 2.45) is 13.0 Å². The molecule has 1 amide bonds. The fraction of sp³-hybridized carbons (Fsp3) is 0.296. The number of hydrogen-bond acceptors (Lipinski definition) is 6. The van der Waals surface area contributed by atoms with E-state index in [1.807, 2.05) is 50.9 Å². The molecule has 1 N–H and O–H groups in total. The van der Waals surface area contributed by atoms with Crippen molar-refractivity contribution in [1.29, 1.82) is 5.26 Å². The predicted octanol–water partition coefficient (Wildman–Crippen LogP) is 3.58. The first-order chi connectivity index (χ1) is 17.5. The van der Waals surface area contributed by atoms with Gasteiger partial charge in [0.2, 0.25) is 5.91 Å². The minimum Gasteiger partial charge on any atom is -0.356 e. The maximum absolute atomic E-state index is 12.2. The smallest absolute Gasteiger partial charge is 0.226 e. The first kappa shape index (κ1) is 23.3. The van der Waals surface area contributed by atoms with Gasteiger partial charge in [0.15, 0.2) is 0 Å². The zero-order valence-electron chi connectivity index (χ0n) is 20.4. The molecule has 4 aromatic heterocycles. The normalized spacial score (nSPS) is 15.0. The van der Waals surface area contributed by atoms with Gasteiger partial charge in [-0.2, -0.15) is 15.5 Å². The molecule has 36 heavy (non-hydrogen) atoms. The van der Waals surface area contributed by atoms with Crippen LogP contribution in [0.3, 0.4) is 0 Å². The number of anilines is 1. The number of piperidine rings is 1. The quantitative estimate of drug-likeness (QED) is 0.423. The molecule has 1 unspecified atom stereocenters. The molecular weight excluding hydrogens is 452 g/mol. The Balaban J connectivity index is 1.38. The Morgan fingerprint density at radius 1 is 1.17 bits per heavy atom. The molecule has 1 aliphatic rings. The van der Waals surface area contributed by atoms with E-state index in [2.05, 4.69) is 39.1 Å². The molecule has 9 heteroatoms. The summed E-state index contributed by atoms with van der Waals surface area (Å²) in [5.41, 5.74) is 5.00. The van der Waals surface area contributed by atoms with Gasteiger partial charge in [-0.1, -0.05) is 13.0 Å². The second-order valence-electron chi connectivity index (χ2n) is 9.21. The molecule has 0 saturated carbocycles. The van der Waals surface area contributed by atoms with Crippen LogP contribution in [0.15, 0.2) is 61.8 Å². The summed E-state index contributed by atoms with van der Waals surface area (Å²) < 4.78 is 3.50. The minimum absolute atomic E-state index is 0.0300. The van der Waals surface area contributed by atoms with Gasteiger partial charge in [-0.25, -0.2) is 9.50 Å². The van der Waals surface area contributed by atoms with Crippen LogP contribution in [0.5, 0.6) is 0 Å². The fourth-order valence-electron chi connectivity index (χ4n) is 4.58. The van der Waals surface area contributed by atoms with E-state index in [-0.39, 0.29) is 17.9 Å². The lowest BCUT2D eigenvalue weighted by molar-refractivity contribution is -0.124. The number of aryl methyl sites for hydroxylation is 1. The van der Waals surface area contributed by atoms with Crippen molar-refractivity contribution in [1.82, 2.24) is 29.7 Å². The molecule has 5 rings (SSSR count). The average molecular weight is 481 g/mol. The Bertz CT molecular complexity index is 1450. The summed E-state index contributed by atoms with van der Waals surface area (Å²) in [4.78, 5) is 19.2. The molecule has 5 heterocycles. The Labute approximate surface area is 209 Å². The number of aromatic nitrogens is 5. The van der Waals surface area contributed by atoms with Crippen molar-refractivity contribution in [3.05, 3.63) is 67.4 Å². The van der Waals surface area contributed by atoms with Crippen LogP contribution >= 0.6 is 0 Å². The van der Waals surface area contributed by atoms with Gasteiger partial charge in [0.05, 0.1) is 29.4 Å². The van der Waals surface area contributed by atoms with Gasteiger partial charge in [-0.3, -0.25) is 9.48 Å². The number of carbonyl (C=O) groups is 1. The molecule has 1 aliphatic heterocycles. The molecule has 0 spiro atoms. The molecule has 0 radical (unpaired) electrons. The second-order valence-corrected chi connectivity index (χ2v) is 9.21. The van der Waals surface area contributed by atoms with E-state index in [0.29, 0.717) is 5.56 Å². The molecule has 9 nitrogen and oxygen atoms in total. The lowest BCUT2D eigenvalue weighted by atomic mass is 10.0. The van der Waals surface area contributed by atoms with Gasteiger partial charge in [-0.05, 0) is 31.0 Å². The summed E-state index contributed by atoms with van der Waals surface area (Å²) in [6.07, 6.45) is 12.5. The topological polar surface area (TPSA) is 104 Å². The Morgan fingerprint density at radius 3 is 2.61 bits per heavy atom. The second kappa shape index (κ2) is 9.66. The van der Waals surface area contributed by atoms with Crippen molar-refractivity contribution >= 4 is 17.2 Å². The first-order valence-electron chi connectivity index (χ1n) is 12.0. The van der Waals surface area contributed by atoms with E-state index in [0.717, 1.165) is 59.5 Å².